The van der Waals surface area contributed by atoms with Gasteiger partial charge in [0.25, 0.3) is 0 Å². The Kier molecular flexibility index (Phi) is 3.69. The van der Waals surface area contributed by atoms with Gasteiger partial charge in [-0.3, -0.25) is 4.90 Å². The SMILES string of the molecule is CCCN1CCOC(c2nccc(N)n2)C1. The minimum atomic E-state index is -0.0381. The van der Waals surface area contributed by atoms with Crippen molar-refractivity contribution in [3.8, 4) is 0 Å². The predicted octanol–water partition coefficient (Wildman–Crippen LogP) is 0.842. The van der Waals surface area contributed by atoms with Gasteiger partial charge in [0.05, 0.1) is 6.61 Å². The Labute approximate surface area is 95.6 Å². The Balaban J connectivity index is 2.03. The monoisotopic (exact) mass is 222 g/mol. The molecule has 0 amide bonds. The third kappa shape index (κ3) is 2.68. The van der Waals surface area contributed by atoms with Crippen molar-refractivity contribution in [3.63, 3.8) is 0 Å². The molecule has 2 heterocycles. The summed E-state index contributed by atoms with van der Waals surface area (Å²) in [6.07, 6.45) is 2.80. The fourth-order valence-electron chi connectivity index (χ4n) is 1.92. The van der Waals surface area contributed by atoms with Crippen LogP contribution in [0.25, 0.3) is 0 Å². The Bertz CT molecular complexity index is 343. The Hall–Kier alpha value is -1.20. The highest BCUT2D eigenvalue weighted by atomic mass is 16.5. The first-order valence-corrected chi connectivity index (χ1v) is 5.72. The summed E-state index contributed by atoms with van der Waals surface area (Å²) >= 11 is 0. The molecule has 1 atom stereocenters. The lowest BCUT2D eigenvalue weighted by Crippen LogP contribution is -2.39. The zero-order valence-electron chi connectivity index (χ0n) is 9.59. The van der Waals surface area contributed by atoms with Crippen molar-refractivity contribution in [1.29, 1.82) is 0 Å². The molecule has 0 bridgehead atoms. The molecule has 0 aliphatic carbocycles. The molecule has 2 rings (SSSR count). The molecule has 1 saturated heterocycles. The zero-order chi connectivity index (χ0) is 11.4. The minimum Gasteiger partial charge on any atom is -0.384 e. The number of anilines is 1. The van der Waals surface area contributed by atoms with E-state index in [-0.39, 0.29) is 6.10 Å². The first-order chi connectivity index (χ1) is 7.79. The number of aromatic nitrogens is 2. The molecule has 0 aromatic carbocycles. The van der Waals surface area contributed by atoms with Crippen LogP contribution >= 0.6 is 0 Å². The van der Waals surface area contributed by atoms with Gasteiger partial charge in [-0.25, -0.2) is 9.97 Å². The first kappa shape index (κ1) is 11.3. The summed E-state index contributed by atoms with van der Waals surface area (Å²) < 4.78 is 5.67. The number of rotatable bonds is 3. The van der Waals surface area contributed by atoms with Crippen molar-refractivity contribution in [2.75, 3.05) is 32.0 Å². The second-order valence-corrected chi connectivity index (χ2v) is 4.00. The molecule has 16 heavy (non-hydrogen) atoms. The third-order valence-electron chi connectivity index (χ3n) is 2.67. The second-order valence-electron chi connectivity index (χ2n) is 4.00. The molecule has 2 N–H and O–H groups in total. The lowest BCUT2D eigenvalue weighted by atomic mass is 10.2. The Morgan fingerprint density at radius 3 is 3.25 bits per heavy atom. The van der Waals surface area contributed by atoms with Gasteiger partial charge in [-0.2, -0.15) is 0 Å². The van der Waals surface area contributed by atoms with Crippen LogP contribution in [0.3, 0.4) is 0 Å². The van der Waals surface area contributed by atoms with E-state index in [9.17, 15) is 0 Å². The average molecular weight is 222 g/mol. The van der Waals surface area contributed by atoms with Gasteiger partial charge >= 0.3 is 0 Å². The van der Waals surface area contributed by atoms with Gasteiger partial charge in [-0.05, 0) is 19.0 Å². The van der Waals surface area contributed by atoms with Gasteiger partial charge in [0.1, 0.15) is 11.9 Å². The molecule has 5 nitrogen and oxygen atoms in total. The fraction of sp³-hybridized carbons (Fsp3) is 0.636. The van der Waals surface area contributed by atoms with E-state index in [1.165, 1.54) is 0 Å². The van der Waals surface area contributed by atoms with Crippen molar-refractivity contribution < 1.29 is 4.74 Å². The topological polar surface area (TPSA) is 64.3 Å². The molecular formula is C11H18N4O. The molecule has 1 unspecified atom stereocenters. The normalized spacial score (nSPS) is 22.2. The van der Waals surface area contributed by atoms with Crippen LogP contribution in [0.5, 0.6) is 0 Å². The first-order valence-electron chi connectivity index (χ1n) is 5.72. The van der Waals surface area contributed by atoms with E-state index in [1.807, 2.05) is 0 Å². The number of morpholine rings is 1. The van der Waals surface area contributed by atoms with Crippen molar-refractivity contribution in [1.82, 2.24) is 14.9 Å². The van der Waals surface area contributed by atoms with Crippen molar-refractivity contribution in [2.45, 2.75) is 19.4 Å². The Morgan fingerprint density at radius 2 is 2.50 bits per heavy atom. The lowest BCUT2D eigenvalue weighted by molar-refractivity contribution is -0.0341. The molecule has 1 fully saturated rings. The van der Waals surface area contributed by atoms with Gasteiger partial charge in [0.15, 0.2) is 5.82 Å². The summed E-state index contributed by atoms with van der Waals surface area (Å²) in [5.41, 5.74) is 5.64. The fourth-order valence-corrected chi connectivity index (χ4v) is 1.92. The van der Waals surface area contributed by atoms with Crippen LogP contribution in [0.15, 0.2) is 12.3 Å². The van der Waals surface area contributed by atoms with Crippen LogP contribution in [-0.4, -0.2) is 41.1 Å². The quantitative estimate of drug-likeness (QED) is 0.821. The molecule has 1 aliphatic heterocycles. The zero-order valence-corrected chi connectivity index (χ0v) is 9.59. The molecule has 88 valence electrons. The molecule has 0 saturated carbocycles. The molecule has 1 aliphatic rings. The van der Waals surface area contributed by atoms with Crippen LogP contribution < -0.4 is 5.73 Å². The summed E-state index contributed by atoms with van der Waals surface area (Å²) in [5, 5.41) is 0. The molecule has 1 aromatic heterocycles. The number of hydrogen-bond acceptors (Lipinski definition) is 5. The van der Waals surface area contributed by atoms with Gasteiger partial charge in [0.2, 0.25) is 0 Å². The highest BCUT2D eigenvalue weighted by Crippen LogP contribution is 2.19. The second kappa shape index (κ2) is 5.23. The highest BCUT2D eigenvalue weighted by Gasteiger charge is 2.23. The van der Waals surface area contributed by atoms with Gasteiger partial charge < -0.3 is 10.5 Å². The van der Waals surface area contributed by atoms with Crippen LogP contribution in [-0.2, 0) is 4.74 Å². The lowest BCUT2D eigenvalue weighted by Gasteiger charge is -2.31. The predicted molar refractivity (Wildman–Crippen MR) is 61.9 cm³/mol. The van der Waals surface area contributed by atoms with Crippen LogP contribution in [0.2, 0.25) is 0 Å². The van der Waals surface area contributed by atoms with E-state index in [4.69, 9.17) is 10.5 Å². The van der Waals surface area contributed by atoms with E-state index < -0.39 is 0 Å². The number of hydrogen-bond donors (Lipinski definition) is 1. The molecule has 1 aromatic rings. The maximum atomic E-state index is 5.67. The molecule has 0 spiro atoms. The minimum absolute atomic E-state index is 0.0381. The average Bonchev–Trinajstić information content (AvgIpc) is 2.30. The van der Waals surface area contributed by atoms with Crippen molar-refractivity contribution in [2.24, 2.45) is 0 Å². The maximum Gasteiger partial charge on any atom is 0.160 e. The van der Waals surface area contributed by atoms with Crippen molar-refractivity contribution in [3.05, 3.63) is 18.1 Å². The van der Waals surface area contributed by atoms with E-state index in [1.54, 1.807) is 12.3 Å². The van der Waals surface area contributed by atoms with Gasteiger partial charge in [-0.1, -0.05) is 6.92 Å². The third-order valence-corrected chi connectivity index (χ3v) is 2.67. The standard InChI is InChI=1S/C11H18N4O/c1-2-5-15-6-7-16-9(8-15)11-13-4-3-10(12)14-11/h3-4,9H,2,5-8H2,1H3,(H2,12,13,14). The largest absolute Gasteiger partial charge is 0.384 e. The van der Waals surface area contributed by atoms with Gasteiger partial charge in [-0.15, -0.1) is 0 Å². The van der Waals surface area contributed by atoms with Crippen molar-refractivity contribution >= 4 is 5.82 Å². The summed E-state index contributed by atoms with van der Waals surface area (Å²) in [6, 6.07) is 1.69. The summed E-state index contributed by atoms with van der Waals surface area (Å²) in [7, 11) is 0. The van der Waals surface area contributed by atoms with Crippen LogP contribution in [0.4, 0.5) is 5.82 Å². The summed E-state index contributed by atoms with van der Waals surface area (Å²) in [4.78, 5) is 10.8. The van der Waals surface area contributed by atoms with E-state index in [0.717, 1.165) is 32.7 Å². The number of ether oxygens (including phenoxy) is 1. The molecule has 0 radical (unpaired) electrons. The van der Waals surface area contributed by atoms with E-state index in [2.05, 4.69) is 21.8 Å². The number of nitrogens with zero attached hydrogens (tertiary/aromatic N) is 3. The van der Waals surface area contributed by atoms with E-state index in [0.29, 0.717) is 11.6 Å². The van der Waals surface area contributed by atoms with Gasteiger partial charge in [0, 0.05) is 19.3 Å². The Morgan fingerprint density at radius 1 is 1.62 bits per heavy atom. The highest BCUT2D eigenvalue weighted by molar-refractivity contribution is 5.25. The molecular weight excluding hydrogens is 204 g/mol. The van der Waals surface area contributed by atoms with E-state index >= 15 is 0 Å². The van der Waals surface area contributed by atoms with Crippen LogP contribution in [0, 0.1) is 0 Å². The summed E-state index contributed by atoms with van der Waals surface area (Å²) in [6.45, 7) is 5.87. The molecule has 5 heteroatoms. The maximum absolute atomic E-state index is 5.67. The summed E-state index contributed by atoms with van der Waals surface area (Å²) in [5.74, 6) is 1.20. The number of nitrogen functional groups attached to an aromatic ring is 1. The smallest absolute Gasteiger partial charge is 0.160 e. The van der Waals surface area contributed by atoms with Crippen LogP contribution in [0.1, 0.15) is 25.3 Å². The number of nitrogens with two attached hydrogens (primary N) is 1.